The van der Waals surface area contributed by atoms with Crippen molar-refractivity contribution in [1.29, 1.82) is 5.26 Å². The van der Waals surface area contributed by atoms with Crippen molar-refractivity contribution in [1.82, 2.24) is 4.57 Å². The highest BCUT2D eigenvalue weighted by Crippen LogP contribution is 2.44. The molecule has 0 N–H and O–H groups in total. The first kappa shape index (κ1) is 26.4. The smallest absolute Gasteiger partial charge is 0.0998 e. The second-order valence-corrected chi connectivity index (χ2v) is 13.2. The van der Waals surface area contributed by atoms with Crippen LogP contribution in [0.1, 0.15) is 5.56 Å². The third kappa shape index (κ3) is 3.54. The number of nitrogens with zero attached hydrogens (tertiary/aromatic N) is 2. The lowest BCUT2D eigenvalue weighted by Crippen LogP contribution is -1.93. The molecule has 11 aromatic rings. The maximum Gasteiger partial charge on any atom is 0.0998 e. The van der Waals surface area contributed by atoms with Crippen LogP contribution in [0.2, 0.25) is 0 Å². The van der Waals surface area contributed by atoms with Crippen LogP contribution in [0.25, 0.3) is 103 Å². The number of nitriles is 1. The summed E-state index contributed by atoms with van der Waals surface area (Å²) in [5.41, 5.74) is 6.70. The summed E-state index contributed by atoms with van der Waals surface area (Å²) in [5, 5.41) is 27.0. The predicted octanol–water partition coefficient (Wildman–Crippen LogP) is 12.7. The van der Waals surface area contributed by atoms with E-state index in [0.29, 0.717) is 0 Å². The molecule has 0 spiro atoms. The zero-order chi connectivity index (χ0) is 32.2. The normalized spacial score (nSPS) is 12.1. The number of rotatable bonds is 2. The van der Waals surface area contributed by atoms with Gasteiger partial charge in [0.05, 0.1) is 22.7 Å². The zero-order valence-electron chi connectivity index (χ0n) is 26.4. The van der Waals surface area contributed by atoms with Gasteiger partial charge in [-0.25, -0.2) is 0 Å². The molecule has 2 nitrogen and oxygen atoms in total. The van der Waals surface area contributed by atoms with Crippen molar-refractivity contribution in [2.45, 2.75) is 0 Å². The molecule has 0 aliphatic rings. The van der Waals surface area contributed by atoms with Crippen molar-refractivity contribution < 1.29 is 0 Å². The lowest BCUT2D eigenvalue weighted by molar-refractivity contribution is 1.18. The molecule has 10 aromatic carbocycles. The Morgan fingerprint density at radius 1 is 0.388 bits per heavy atom. The second kappa shape index (κ2) is 9.67. The monoisotopic (exact) mass is 618 g/mol. The van der Waals surface area contributed by atoms with Gasteiger partial charge in [0.15, 0.2) is 0 Å². The number of hydrogen-bond acceptors (Lipinski definition) is 1. The maximum atomic E-state index is 9.88. The first-order valence-corrected chi connectivity index (χ1v) is 16.7. The van der Waals surface area contributed by atoms with E-state index in [9.17, 15) is 5.26 Å². The largest absolute Gasteiger partial charge is 0.309 e. The minimum Gasteiger partial charge on any atom is -0.309 e. The van der Waals surface area contributed by atoms with Gasteiger partial charge in [-0.3, -0.25) is 0 Å². The second-order valence-electron chi connectivity index (χ2n) is 13.2. The number of benzene rings is 10. The average molecular weight is 619 g/mol. The van der Waals surface area contributed by atoms with Gasteiger partial charge in [-0.15, -0.1) is 0 Å². The Morgan fingerprint density at radius 3 is 1.78 bits per heavy atom. The standard InChI is InChI=1S/C47H26N2/c48-27-31-17-16-28-14-15-29-18-20-33(39-23-22-34(31)46(28)47(29)39)30-19-21-37-40(24-30)35-10-4-5-11-36(35)41-25-43-38-12-6-7-13-44(38)49(45(43)26-42(37)41)32-8-2-1-3-9-32/h1-26H. The molecule has 1 aromatic heterocycles. The van der Waals surface area contributed by atoms with Gasteiger partial charge in [-0.1, -0.05) is 115 Å². The van der Waals surface area contributed by atoms with Crippen LogP contribution in [0, 0.1) is 11.3 Å². The first-order chi connectivity index (χ1) is 24.3. The Balaban J connectivity index is 1.23. The van der Waals surface area contributed by atoms with E-state index in [4.69, 9.17) is 0 Å². The highest BCUT2D eigenvalue weighted by Gasteiger charge is 2.18. The van der Waals surface area contributed by atoms with Crippen molar-refractivity contribution in [3.05, 3.63) is 163 Å². The fourth-order valence-corrected chi connectivity index (χ4v) is 8.59. The van der Waals surface area contributed by atoms with Gasteiger partial charge in [0.25, 0.3) is 0 Å². The van der Waals surface area contributed by atoms with Gasteiger partial charge < -0.3 is 4.57 Å². The van der Waals surface area contributed by atoms with Gasteiger partial charge in [0, 0.05) is 21.8 Å². The van der Waals surface area contributed by atoms with Gasteiger partial charge in [0.2, 0.25) is 0 Å². The molecule has 0 saturated heterocycles. The van der Waals surface area contributed by atoms with E-state index < -0.39 is 0 Å². The van der Waals surface area contributed by atoms with Crippen molar-refractivity contribution in [2.24, 2.45) is 0 Å². The Bertz CT molecular complexity index is 3210. The van der Waals surface area contributed by atoms with Crippen molar-refractivity contribution in [2.75, 3.05) is 0 Å². The average Bonchev–Trinajstić information content (AvgIpc) is 3.49. The molecule has 0 saturated carbocycles. The van der Waals surface area contributed by atoms with Crippen molar-refractivity contribution in [3.8, 4) is 22.9 Å². The van der Waals surface area contributed by atoms with Crippen LogP contribution in [0.4, 0.5) is 0 Å². The van der Waals surface area contributed by atoms with E-state index in [0.717, 1.165) is 16.6 Å². The van der Waals surface area contributed by atoms with Gasteiger partial charge in [-0.05, 0) is 113 Å². The molecule has 0 atom stereocenters. The summed E-state index contributed by atoms with van der Waals surface area (Å²) in [6.07, 6.45) is 0. The fraction of sp³-hybridized carbons (Fsp3) is 0. The minimum atomic E-state index is 0.719. The molecular formula is C47H26N2. The summed E-state index contributed by atoms with van der Waals surface area (Å²) in [6.45, 7) is 0. The van der Waals surface area contributed by atoms with Crippen LogP contribution in [-0.2, 0) is 0 Å². The van der Waals surface area contributed by atoms with Crippen LogP contribution in [0.3, 0.4) is 0 Å². The van der Waals surface area contributed by atoms with Crippen LogP contribution >= 0.6 is 0 Å². The van der Waals surface area contributed by atoms with E-state index >= 15 is 0 Å². The van der Waals surface area contributed by atoms with Gasteiger partial charge >= 0.3 is 0 Å². The summed E-state index contributed by atoms with van der Waals surface area (Å²) in [5.74, 6) is 0. The quantitative estimate of drug-likeness (QED) is 0.177. The summed E-state index contributed by atoms with van der Waals surface area (Å²) in [7, 11) is 0. The minimum absolute atomic E-state index is 0.719. The molecule has 0 unspecified atom stereocenters. The highest BCUT2D eigenvalue weighted by molar-refractivity contribution is 6.30. The molecule has 2 heteroatoms. The SMILES string of the molecule is N#Cc1ccc2ccc3ccc(-c4ccc5c(c4)c4ccccc4c4cc6c7ccccc7n(-c7ccccc7)c6cc54)c4ccc1c2c34. The maximum absolute atomic E-state index is 9.88. The van der Waals surface area contributed by atoms with E-state index in [-0.39, 0.29) is 0 Å². The molecule has 0 fully saturated rings. The molecular weight excluding hydrogens is 593 g/mol. The third-order valence-electron chi connectivity index (χ3n) is 10.7. The number of para-hydroxylation sites is 2. The van der Waals surface area contributed by atoms with E-state index in [2.05, 4.69) is 162 Å². The molecule has 11 rings (SSSR count). The Hall–Kier alpha value is -6.69. The Morgan fingerprint density at radius 2 is 0.980 bits per heavy atom. The van der Waals surface area contributed by atoms with E-state index in [1.165, 1.54) is 92.2 Å². The van der Waals surface area contributed by atoms with Gasteiger partial charge in [0.1, 0.15) is 0 Å². The summed E-state index contributed by atoms with van der Waals surface area (Å²) < 4.78 is 2.40. The molecule has 0 amide bonds. The number of fused-ring (bicyclic) bond motifs is 9. The van der Waals surface area contributed by atoms with Gasteiger partial charge in [-0.2, -0.15) is 5.26 Å². The summed E-state index contributed by atoms with van der Waals surface area (Å²) in [4.78, 5) is 0. The molecule has 0 aliphatic heterocycles. The lowest BCUT2D eigenvalue weighted by atomic mass is 9.87. The predicted molar refractivity (Wildman–Crippen MR) is 207 cm³/mol. The van der Waals surface area contributed by atoms with Crippen LogP contribution in [0.5, 0.6) is 0 Å². The molecule has 224 valence electrons. The molecule has 49 heavy (non-hydrogen) atoms. The van der Waals surface area contributed by atoms with E-state index in [1.807, 2.05) is 6.07 Å². The summed E-state index contributed by atoms with van der Waals surface area (Å²) in [6, 6.07) is 59.8. The Labute approximate surface area is 281 Å². The summed E-state index contributed by atoms with van der Waals surface area (Å²) >= 11 is 0. The van der Waals surface area contributed by atoms with E-state index in [1.54, 1.807) is 0 Å². The number of aromatic nitrogens is 1. The molecule has 0 bridgehead atoms. The van der Waals surface area contributed by atoms with Crippen LogP contribution in [-0.4, -0.2) is 4.57 Å². The highest BCUT2D eigenvalue weighted by atomic mass is 15.0. The first-order valence-electron chi connectivity index (χ1n) is 16.7. The Kier molecular flexibility index (Phi) is 5.21. The van der Waals surface area contributed by atoms with Crippen molar-refractivity contribution >= 4 is 86.4 Å². The van der Waals surface area contributed by atoms with Crippen LogP contribution in [0.15, 0.2) is 158 Å². The zero-order valence-corrected chi connectivity index (χ0v) is 26.4. The fourth-order valence-electron chi connectivity index (χ4n) is 8.59. The molecule has 0 radical (unpaired) electrons. The molecule has 1 heterocycles. The van der Waals surface area contributed by atoms with Crippen molar-refractivity contribution in [3.63, 3.8) is 0 Å². The third-order valence-corrected chi connectivity index (χ3v) is 10.7. The topological polar surface area (TPSA) is 28.7 Å². The molecule has 0 aliphatic carbocycles. The number of hydrogen-bond donors (Lipinski definition) is 0. The van der Waals surface area contributed by atoms with Crippen LogP contribution < -0.4 is 0 Å². The lowest BCUT2D eigenvalue weighted by Gasteiger charge is -2.16.